The molecule has 0 fully saturated rings. The van der Waals surface area contributed by atoms with Crippen LogP contribution in [-0.2, 0) is 5.75 Å². The van der Waals surface area contributed by atoms with Crippen molar-refractivity contribution in [1.29, 1.82) is 5.41 Å². The van der Waals surface area contributed by atoms with Crippen molar-refractivity contribution >= 4 is 18.5 Å². The van der Waals surface area contributed by atoms with Crippen LogP contribution in [0.4, 0.5) is 0 Å². The summed E-state index contributed by atoms with van der Waals surface area (Å²) in [6, 6.07) is 7.85. The minimum Gasteiger partial charge on any atom is -0.494 e. The molecule has 3 N–H and O–H groups in total. The Morgan fingerprint density at radius 1 is 1.33 bits per heavy atom. The van der Waals surface area contributed by atoms with Crippen LogP contribution < -0.4 is 10.5 Å². The summed E-state index contributed by atoms with van der Waals surface area (Å²) in [5.74, 6) is 1.80. The van der Waals surface area contributed by atoms with Crippen LogP contribution in [0.25, 0.3) is 0 Å². The van der Waals surface area contributed by atoms with Gasteiger partial charge in [0.05, 0.1) is 12.4 Å². The van der Waals surface area contributed by atoms with Crippen molar-refractivity contribution in [2.75, 3.05) is 6.61 Å². The highest BCUT2D eigenvalue weighted by atomic mass is 32.1. The number of rotatable bonds is 6. The van der Waals surface area contributed by atoms with E-state index in [4.69, 9.17) is 15.9 Å². The Kier molecular flexibility index (Phi) is 5.04. The summed E-state index contributed by atoms with van der Waals surface area (Å²) in [5, 5.41) is 7.04. The molecule has 0 unspecified atom stereocenters. The largest absolute Gasteiger partial charge is 0.494 e. The van der Waals surface area contributed by atoms with Crippen LogP contribution in [0.15, 0.2) is 24.3 Å². The van der Waals surface area contributed by atoms with Gasteiger partial charge in [0, 0.05) is 12.2 Å². The fraction of sp³-hybridized carbons (Fsp3) is 0.364. The van der Waals surface area contributed by atoms with Crippen molar-refractivity contribution in [2.45, 2.75) is 18.6 Å². The number of nitrogens with two attached hydrogens (primary N) is 1. The third-order valence-electron chi connectivity index (χ3n) is 1.97. The van der Waals surface area contributed by atoms with Crippen LogP contribution in [0.3, 0.4) is 0 Å². The molecule has 0 saturated heterocycles. The molecule has 3 nitrogen and oxygen atoms in total. The first-order valence-corrected chi connectivity index (χ1v) is 5.51. The molecule has 82 valence electrons. The molecule has 0 aliphatic heterocycles. The maximum atomic E-state index is 7.04. The van der Waals surface area contributed by atoms with E-state index >= 15 is 0 Å². The molecular weight excluding hydrogens is 208 g/mol. The first-order valence-electron chi connectivity index (χ1n) is 4.88. The van der Waals surface area contributed by atoms with Crippen LogP contribution in [-0.4, -0.2) is 12.4 Å². The van der Waals surface area contributed by atoms with Crippen molar-refractivity contribution < 1.29 is 4.74 Å². The highest BCUT2D eigenvalue weighted by Gasteiger charge is 1.95. The van der Waals surface area contributed by atoms with Crippen molar-refractivity contribution in [2.24, 2.45) is 5.73 Å². The Bertz CT molecular complexity index is 311. The Morgan fingerprint density at radius 2 is 2.00 bits per heavy atom. The number of hydrogen-bond acceptors (Lipinski definition) is 3. The predicted molar refractivity (Wildman–Crippen MR) is 65.8 cm³/mol. The van der Waals surface area contributed by atoms with Crippen LogP contribution in [0.2, 0.25) is 0 Å². The van der Waals surface area contributed by atoms with E-state index in [0.717, 1.165) is 17.9 Å². The molecule has 1 rings (SSSR count). The molecule has 0 amide bonds. The first-order chi connectivity index (χ1) is 7.22. The first kappa shape index (κ1) is 11.9. The molecule has 1 aromatic carbocycles. The van der Waals surface area contributed by atoms with Gasteiger partial charge >= 0.3 is 0 Å². The zero-order valence-corrected chi connectivity index (χ0v) is 9.47. The fourth-order valence-electron chi connectivity index (χ4n) is 1.14. The normalized spacial score (nSPS) is 9.93. The summed E-state index contributed by atoms with van der Waals surface area (Å²) < 4.78 is 5.48. The molecule has 0 spiro atoms. The minimum atomic E-state index is 0.212. The van der Waals surface area contributed by atoms with Gasteiger partial charge in [0.15, 0.2) is 0 Å². The number of hydrogen-bond donors (Lipinski definition) is 3. The smallest absolute Gasteiger partial charge is 0.119 e. The average Bonchev–Trinajstić information content (AvgIpc) is 2.25. The van der Waals surface area contributed by atoms with Gasteiger partial charge < -0.3 is 10.5 Å². The van der Waals surface area contributed by atoms with E-state index in [1.807, 2.05) is 24.3 Å². The van der Waals surface area contributed by atoms with E-state index in [2.05, 4.69) is 12.6 Å². The quantitative estimate of drug-likeness (QED) is 0.300. The summed E-state index contributed by atoms with van der Waals surface area (Å²) in [6.45, 7) is 0.597. The zero-order valence-electron chi connectivity index (χ0n) is 8.57. The maximum absolute atomic E-state index is 7.04. The molecule has 0 radical (unpaired) electrons. The molecule has 0 bridgehead atoms. The lowest BCUT2D eigenvalue weighted by molar-refractivity contribution is 0.313. The third-order valence-corrected chi connectivity index (χ3v) is 2.33. The number of thiol groups is 1. The van der Waals surface area contributed by atoms with Gasteiger partial charge in [-0.15, -0.1) is 0 Å². The number of ether oxygens (including phenoxy) is 1. The van der Waals surface area contributed by atoms with Crippen LogP contribution >= 0.6 is 12.6 Å². The third kappa shape index (κ3) is 4.74. The molecule has 4 heteroatoms. The van der Waals surface area contributed by atoms with Crippen molar-refractivity contribution in [1.82, 2.24) is 0 Å². The average molecular weight is 224 g/mol. The highest BCUT2D eigenvalue weighted by molar-refractivity contribution is 7.79. The molecule has 0 aliphatic rings. The Balaban J connectivity index is 2.28. The second-order valence-electron chi connectivity index (χ2n) is 3.28. The molecule has 0 aromatic heterocycles. The van der Waals surface area contributed by atoms with Gasteiger partial charge in [-0.05, 0) is 24.1 Å². The monoisotopic (exact) mass is 224 g/mol. The number of benzene rings is 1. The Morgan fingerprint density at radius 3 is 2.53 bits per heavy atom. The molecule has 0 aliphatic carbocycles. The molecule has 0 atom stereocenters. The fourth-order valence-corrected chi connectivity index (χ4v) is 1.35. The molecule has 0 saturated carbocycles. The van der Waals surface area contributed by atoms with Gasteiger partial charge in [-0.25, -0.2) is 0 Å². The van der Waals surface area contributed by atoms with E-state index < -0.39 is 0 Å². The lowest BCUT2D eigenvalue weighted by Gasteiger charge is -2.06. The molecule has 15 heavy (non-hydrogen) atoms. The maximum Gasteiger partial charge on any atom is 0.119 e. The van der Waals surface area contributed by atoms with Gasteiger partial charge in [-0.2, -0.15) is 12.6 Å². The highest BCUT2D eigenvalue weighted by Crippen LogP contribution is 2.13. The van der Waals surface area contributed by atoms with Crippen molar-refractivity contribution in [3.8, 4) is 5.75 Å². The van der Waals surface area contributed by atoms with Crippen LogP contribution in [0.5, 0.6) is 5.75 Å². The lowest BCUT2D eigenvalue weighted by Crippen LogP contribution is -2.10. The second-order valence-corrected chi connectivity index (χ2v) is 3.60. The zero-order chi connectivity index (χ0) is 11.1. The summed E-state index contributed by atoms with van der Waals surface area (Å²) >= 11 is 4.17. The van der Waals surface area contributed by atoms with Crippen LogP contribution in [0, 0.1) is 5.41 Å². The SMILES string of the molecule is N=C(N)CCCOc1ccc(CS)cc1. The van der Waals surface area contributed by atoms with Gasteiger partial charge in [-0.3, -0.25) is 5.41 Å². The Labute approximate surface area is 95.5 Å². The summed E-state index contributed by atoms with van der Waals surface area (Å²) in [6.07, 6.45) is 1.37. The van der Waals surface area contributed by atoms with Crippen molar-refractivity contribution in [3.63, 3.8) is 0 Å². The lowest BCUT2D eigenvalue weighted by atomic mass is 10.2. The summed E-state index contributed by atoms with van der Waals surface area (Å²) in [4.78, 5) is 0. The van der Waals surface area contributed by atoms with E-state index in [1.54, 1.807) is 0 Å². The Hall–Kier alpha value is -1.16. The molecule has 0 heterocycles. The second kappa shape index (κ2) is 6.35. The topological polar surface area (TPSA) is 59.1 Å². The summed E-state index contributed by atoms with van der Waals surface area (Å²) in [7, 11) is 0. The van der Waals surface area contributed by atoms with E-state index in [1.165, 1.54) is 5.56 Å². The number of amidine groups is 1. The standard InChI is InChI=1S/C11H16N2OS/c12-11(13)2-1-7-14-10-5-3-9(8-15)4-6-10/h3-6,15H,1-2,7-8H2,(H3,12,13). The minimum absolute atomic E-state index is 0.212. The van der Waals surface area contributed by atoms with E-state index in [0.29, 0.717) is 13.0 Å². The van der Waals surface area contributed by atoms with Gasteiger partial charge in [-0.1, -0.05) is 12.1 Å². The van der Waals surface area contributed by atoms with Gasteiger partial charge in [0.1, 0.15) is 5.75 Å². The van der Waals surface area contributed by atoms with E-state index in [-0.39, 0.29) is 5.84 Å². The predicted octanol–water partition coefficient (Wildman–Crippen LogP) is 2.21. The molecular formula is C11H16N2OS. The number of nitrogens with one attached hydrogen (secondary N) is 1. The van der Waals surface area contributed by atoms with Gasteiger partial charge in [0.25, 0.3) is 0 Å². The van der Waals surface area contributed by atoms with Crippen LogP contribution in [0.1, 0.15) is 18.4 Å². The van der Waals surface area contributed by atoms with Gasteiger partial charge in [0.2, 0.25) is 0 Å². The summed E-state index contributed by atoms with van der Waals surface area (Å²) in [5.41, 5.74) is 6.40. The molecule has 1 aromatic rings. The van der Waals surface area contributed by atoms with E-state index in [9.17, 15) is 0 Å². The van der Waals surface area contributed by atoms with Crippen molar-refractivity contribution in [3.05, 3.63) is 29.8 Å².